The molecule has 2 unspecified atom stereocenters. The molecule has 0 aromatic carbocycles. The number of amides is 1. The first-order valence-corrected chi connectivity index (χ1v) is 6.77. The van der Waals surface area contributed by atoms with Crippen LogP contribution in [-0.4, -0.2) is 61.3 Å². The van der Waals surface area contributed by atoms with Gasteiger partial charge < -0.3 is 15.2 Å². The van der Waals surface area contributed by atoms with Gasteiger partial charge in [0.05, 0.1) is 12.5 Å². The molecule has 1 aliphatic rings. The average Bonchev–Trinajstić information content (AvgIpc) is 2.37. The van der Waals surface area contributed by atoms with Gasteiger partial charge in [-0.25, -0.2) is 0 Å². The van der Waals surface area contributed by atoms with Crippen molar-refractivity contribution in [2.75, 3.05) is 33.4 Å². The Kier molecular flexibility index (Phi) is 6.80. The fourth-order valence-corrected chi connectivity index (χ4v) is 2.36. The zero-order chi connectivity index (χ0) is 14.3. The fourth-order valence-electron chi connectivity index (χ4n) is 2.36. The molecule has 1 saturated heterocycles. The molecule has 0 radical (unpaired) electrons. The van der Waals surface area contributed by atoms with Crippen molar-refractivity contribution in [1.82, 2.24) is 10.2 Å². The van der Waals surface area contributed by atoms with Crippen molar-refractivity contribution in [3.8, 4) is 0 Å². The number of nitrogens with one attached hydrogen (secondary N) is 1. The zero-order valence-electron chi connectivity index (χ0n) is 11.7. The number of aliphatic carboxylic acids is 1. The van der Waals surface area contributed by atoms with E-state index in [1.165, 1.54) is 0 Å². The Balaban J connectivity index is 2.25. The Morgan fingerprint density at radius 2 is 2.21 bits per heavy atom. The first-order chi connectivity index (χ1) is 9.04. The molecular formula is C13H24N2O4. The van der Waals surface area contributed by atoms with Gasteiger partial charge in [-0.05, 0) is 32.7 Å². The quantitative estimate of drug-likeness (QED) is 0.653. The number of carboxylic acids is 1. The van der Waals surface area contributed by atoms with Crippen LogP contribution in [0.2, 0.25) is 0 Å². The highest BCUT2D eigenvalue weighted by molar-refractivity contribution is 5.78. The van der Waals surface area contributed by atoms with Gasteiger partial charge in [0.15, 0.2) is 0 Å². The molecule has 1 fully saturated rings. The lowest BCUT2D eigenvalue weighted by molar-refractivity contribution is -0.144. The van der Waals surface area contributed by atoms with E-state index in [1.54, 1.807) is 7.11 Å². The van der Waals surface area contributed by atoms with Gasteiger partial charge >= 0.3 is 5.97 Å². The van der Waals surface area contributed by atoms with Crippen LogP contribution in [0.25, 0.3) is 0 Å². The summed E-state index contributed by atoms with van der Waals surface area (Å²) in [5.41, 5.74) is 0. The monoisotopic (exact) mass is 272 g/mol. The normalized spacial score (nSPS) is 24.1. The largest absolute Gasteiger partial charge is 0.481 e. The molecule has 1 rings (SSSR count). The summed E-state index contributed by atoms with van der Waals surface area (Å²) in [4.78, 5) is 24.7. The Morgan fingerprint density at radius 1 is 1.47 bits per heavy atom. The maximum atomic E-state index is 11.7. The molecule has 2 atom stereocenters. The second-order valence-electron chi connectivity index (χ2n) is 5.08. The third-order valence-electron chi connectivity index (χ3n) is 3.56. The van der Waals surface area contributed by atoms with Crippen LogP contribution in [0.5, 0.6) is 0 Å². The number of nitrogens with zero attached hydrogens (tertiary/aromatic N) is 1. The molecule has 1 amide bonds. The molecule has 1 aliphatic heterocycles. The van der Waals surface area contributed by atoms with Gasteiger partial charge in [0.2, 0.25) is 5.91 Å². The van der Waals surface area contributed by atoms with E-state index in [0.717, 1.165) is 6.42 Å². The van der Waals surface area contributed by atoms with Crippen molar-refractivity contribution >= 4 is 11.9 Å². The number of hydrogen-bond donors (Lipinski definition) is 2. The van der Waals surface area contributed by atoms with Crippen LogP contribution in [-0.2, 0) is 14.3 Å². The summed E-state index contributed by atoms with van der Waals surface area (Å²) in [6.07, 6.45) is 2.04. The van der Waals surface area contributed by atoms with Crippen LogP contribution in [0, 0.1) is 5.92 Å². The lowest BCUT2D eigenvalue weighted by atomic mass is 9.92. The minimum Gasteiger partial charge on any atom is -0.481 e. The number of rotatable bonds is 7. The summed E-state index contributed by atoms with van der Waals surface area (Å²) in [6.45, 7) is 4.25. The van der Waals surface area contributed by atoms with Gasteiger partial charge in [0, 0.05) is 26.3 Å². The first-order valence-electron chi connectivity index (χ1n) is 6.77. The first kappa shape index (κ1) is 15.9. The Bertz CT molecular complexity index is 309. The molecule has 6 heteroatoms. The summed E-state index contributed by atoms with van der Waals surface area (Å²) in [5.74, 6) is -0.997. The van der Waals surface area contributed by atoms with E-state index in [2.05, 4.69) is 5.32 Å². The number of methoxy groups -OCH3 is 1. The highest BCUT2D eigenvalue weighted by atomic mass is 16.5. The zero-order valence-corrected chi connectivity index (χ0v) is 11.7. The second kappa shape index (κ2) is 8.12. The van der Waals surface area contributed by atoms with Gasteiger partial charge in [-0.2, -0.15) is 0 Å². The highest BCUT2D eigenvalue weighted by Gasteiger charge is 2.30. The number of carboxylic acid groups (broad SMARTS) is 1. The number of piperidine rings is 1. The maximum absolute atomic E-state index is 11.7. The summed E-state index contributed by atoms with van der Waals surface area (Å²) < 4.78 is 4.91. The van der Waals surface area contributed by atoms with E-state index in [9.17, 15) is 9.59 Å². The van der Waals surface area contributed by atoms with E-state index in [4.69, 9.17) is 9.84 Å². The highest BCUT2D eigenvalue weighted by Crippen LogP contribution is 2.22. The summed E-state index contributed by atoms with van der Waals surface area (Å²) in [7, 11) is 1.64. The van der Waals surface area contributed by atoms with Crippen LogP contribution in [0.3, 0.4) is 0 Å². The molecule has 2 N–H and O–H groups in total. The predicted molar refractivity (Wildman–Crippen MR) is 70.9 cm³/mol. The molecule has 0 spiro atoms. The second-order valence-corrected chi connectivity index (χ2v) is 5.08. The number of ether oxygens (including phenoxy) is 1. The van der Waals surface area contributed by atoms with Gasteiger partial charge in [0.1, 0.15) is 0 Å². The Labute approximate surface area is 114 Å². The molecule has 0 aromatic heterocycles. The fraction of sp³-hybridized carbons (Fsp3) is 0.846. The van der Waals surface area contributed by atoms with Crippen LogP contribution in [0.4, 0.5) is 0 Å². The molecule has 1 heterocycles. The smallest absolute Gasteiger partial charge is 0.306 e. The lowest BCUT2D eigenvalue weighted by Gasteiger charge is -2.35. The number of carbonyl (C=O) groups is 2. The third-order valence-corrected chi connectivity index (χ3v) is 3.56. The van der Waals surface area contributed by atoms with Crippen molar-refractivity contribution in [3.63, 3.8) is 0 Å². The number of likely N-dealkylation sites (tertiary alicyclic amines) is 1. The van der Waals surface area contributed by atoms with E-state index < -0.39 is 5.97 Å². The van der Waals surface area contributed by atoms with Crippen molar-refractivity contribution in [1.29, 1.82) is 0 Å². The maximum Gasteiger partial charge on any atom is 0.306 e. The van der Waals surface area contributed by atoms with E-state index in [0.29, 0.717) is 39.1 Å². The van der Waals surface area contributed by atoms with E-state index in [1.807, 2.05) is 11.8 Å². The summed E-state index contributed by atoms with van der Waals surface area (Å²) >= 11 is 0. The average molecular weight is 272 g/mol. The Morgan fingerprint density at radius 3 is 2.79 bits per heavy atom. The van der Waals surface area contributed by atoms with E-state index >= 15 is 0 Å². The number of carbonyl (C=O) groups excluding carboxylic acids is 1. The van der Waals surface area contributed by atoms with Crippen LogP contribution in [0.15, 0.2) is 0 Å². The molecule has 0 saturated carbocycles. The topological polar surface area (TPSA) is 78.9 Å². The SMILES string of the molecule is COCCCNC(=O)CN1CCC(C(=O)O)CC1C. The Hall–Kier alpha value is -1.14. The van der Waals surface area contributed by atoms with Gasteiger partial charge in [-0.1, -0.05) is 0 Å². The minimum absolute atomic E-state index is 0.00303. The standard InChI is InChI=1S/C13H24N2O4/c1-10-8-11(13(17)18)4-6-15(10)9-12(16)14-5-3-7-19-2/h10-11H,3-9H2,1-2H3,(H,14,16)(H,17,18). The molecule has 0 bridgehead atoms. The molecule has 0 aromatic rings. The molecule has 0 aliphatic carbocycles. The molecule has 110 valence electrons. The van der Waals surface area contributed by atoms with Crippen molar-refractivity contribution in [2.45, 2.75) is 32.2 Å². The lowest BCUT2D eigenvalue weighted by Crippen LogP contribution is -2.47. The summed E-state index contributed by atoms with van der Waals surface area (Å²) in [6, 6.07) is 0.138. The molecule has 19 heavy (non-hydrogen) atoms. The van der Waals surface area contributed by atoms with Crippen molar-refractivity contribution in [3.05, 3.63) is 0 Å². The molecular weight excluding hydrogens is 248 g/mol. The number of hydrogen-bond acceptors (Lipinski definition) is 4. The third kappa shape index (κ3) is 5.57. The minimum atomic E-state index is -0.726. The van der Waals surface area contributed by atoms with Crippen molar-refractivity contribution in [2.24, 2.45) is 5.92 Å². The predicted octanol–water partition coefficient (Wildman–Crippen LogP) is 0.324. The molecule has 6 nitrogen and oxygen atoms in total. The summed E-state index contributed by atoms with van der Waals surface area (Å²) in [5, 5.41) is 11.8. The van der Waals surface area contributed by atoms with Crippen LogP contribution >= 0.6 is 0 Å². The van der Waals surface area contributed by atoms with E-state index in [-0.39, 0.29) is 17.9 Å². The van der Waals surface area contributed by atoms with Crippen molar-refractivity contribution < 1.29 is 19.4 Å². The van der Waals surface area contributed by atoms with Gasteiger partial charge in [-0.3, -0.25) is 14.5 Å². The van der Waals surface area contributed by atoms with Crippen LogP contribution < -0.4 is 5.32 Å². The van der Waals surface area contributed by atoms with Gasteiger partial charge in [0.25, 0.3) is 0 Å². The van der Waals surface area contributed by atoms with Gasteiger partial charge in [-0.15, -0.1) is 0 Å². The van der Waals surface area contributed by atoms with Crippen LogP contribution in [0.1, 0.15) is 26.2 Å².